The number of nitriles is 1. The summed E-state index contributed by atoms with van der Waals surface area (Å²) in [5.74, 6) is 0. The Hall–Kier alpha value is -1.24. The maximum atomic E-state index is 10.1. The van der Waals surface area contributed by atoms with E-state index in [-0.39, 0.29) is 6.04 Å². The van der Waals surface area contributed by atoms with Crippen LogP contribution in [0.3, 0.4) is 0 Å². The Morgan fingerprint density at radius 1 is 2.00 bits per heavy atom. The molecule has 0 aromatic rings. The summed E-state index contributed by atoms with van der Waals surface area (Å²) in [6, 6.07) is 1.15. The van der Waals surface area contributed by atoms with Gasteiger partial charge in [-0.3, -0.25) is 0 Å². The predicted molar refractivity (Wildman–Crippen MR) is 25.7 cm³/mol. The Balaban J connectivity index is 2.40. The van der Waals surface area contributed by atoms with Gasteiger partial charge in [-0.15, -0.1) is 0 Å². The van der Waals surface area contributed by atoms with E-state index in [4.69, 9.17) is 11.0 Å². The van der Waals surface area contributed by atoms with Crippen LogP contribution in [-0.2, 0) is 0 Å². The van der Waals surface area contributed by atoms with Gasteiger partial charge in [0.2, 0.25) is 0 Å². The Morgan fingerprint density at radius 3 is 2.75 bits per heavy atom. The lowest BCUT2D eigenvalue weighted by molar-refractivity contribution is 0.237. The molecule has 1 unspecified atom stereocenters. The highest BCUT2D eigenvalue weighted by Gasteiger charge is 2.36. The quantitative estimate of drug-likeness (QED) is 0.421. The number of hydrogen-bond donors (Lipinski definition) is 1. The minimum absolute atomic E-state index is 0.243. The van der Waals surface area contributed by atoms with Crippen molar-refractivity contribution in [1.29, 1.82) is 5.26 Å². The van der Waals surface area contributed by atoms with Gasteiger partial charge in [0, 0.05) is 0 Å². The summed E-state index contributed by atoms with van der Waals surface area (Å²) >= 11 is 0. The monoisotopic (exact) mass is 113 g/mol. The van der Waals surface area contributed by atoms with Gasteiger partial charge in [0.15, 0.2) is 0 Å². The summed E-state index contributed by atoms with van der Waals surface area (Å²) in [4.78, 5) is 11.4. The second-order valence-corrected chi connectivity index (χ2v) is 1.64. The van der Waals surface area contributed by atoms with Gasteiger partial charge in [-0.05, 0) is 0 Å². The highest BCUT2D eigenvalue weighted by Crippen LogP contribution is 2.13. The van der Waals surface area contributed by atoms with Crippen LogP contribution < -0.4 is 5.73 Å². The zero-order valence-electron chi connectivity index (χ0n) is 4.16. The summed E-state index contributed by atoms with van der Waals surface area (Å²) in [7, 11) is 0. The first-order valence-electron chi connectivity index (χ1n) is 2.21. The Kier molecular flexibility index (Phi) is 0.841. The van der Waals surface area contributed by atoms with E-state index in [9.17, 15) is 4.79 Å². The van der Waals surface area contributed by atoms with Crippen molar-refractivity contribution in [2.24, 2.45) is 5.73 Å². The molecule has 1 saturated heterocycles. The summed E-state index contributed by atoms with van der Waals surface area (Å²) in [5, 5.41) is 8.13. The van der Waals surface area contributed by atoms with Crippen LogP contribution in [0.15, 0.2) is 0 Å². The fourth-order valence-electron chi connectivity index (χ4n) is 0.493. The molecule has 0 aliphatic carbocycles. The van der Waals surface area contributed by atoms with Crippen LogP contribution in [-0.4, -0.2) is 23.5 Å². The molecule has 2 amide bonds. The van der Waals surface area contributed by atoms with Crippen molar-refractivity contribution in [2.45, 2.75) is 6.04 Å². The number of hydrogen-bond acceptors (Lipinski definition) is 2. The lowest BCUT2D eigenvalue weighted by Crippen LogP contribution is -2.20. The van der Waals surface area contributed by atoms with Crippen molar-refractivity contribution in [3.8, 4) is 6.07 Å². The molecule has 0 radical (unpaired) electrons. The maximum absolute atomic E-state index is 10.1. The van der Waals surface area contributed by atoms with E-state index in [1.165, 1.54) is 4.90 Å². The van der Waals surface area contributed by atoms with E-state index in [0.717, 1.165) is 0 Å². The molecule has 0 saturated carbocycles. The Labute approximate surface area is 46.5 Å². The number of carbonyl (C=O) groups is 1. The molecule has 1 aliphatic rings. The van der Waals surface area contributed by atoms with Gasteiger partial charge in [0.25, 0.3) is 0 Å². The predicted octanol–water partition coefficient (Wildman–Crippen LogP) is -0.727. The molecular weight excluding hydrogens is 108 g/mol. The van der Waals surface area contributed by atoms with E-state index in [2.05, 4.69) is 0 Å². The zero-order valence-corrected chi connectivity index (χ0v) is 4.16. The van der Waals surface area contributed by atoms with Crippen molar-refractivity contribution >= 4 is 6.03 Å². The zero-order chi connectivity index (χ0) is 6.15. The number of nitrogens with zero attached hydrogens (tertiary/aromatic N) is 2. The molecule has 8 heavy (non-hydrogen) atoms. The maximum Gasteiger partial charge on any atom is 0.316 e. The summed E-state index contributed by atoms with van der Waals surface area (Å²) in [6.07, 6.45) is 0. The van der Waals surface area contributed by atoms with Crippen LogP contribution in [0, 0.1) is 11.3 Å². The summed E-state index contributed by atoms with van der Waals surface area (Å²) < 4.78 is 0. The van der Waals surface area contributed by atoms with Gasteiger partial charge in [0.1, 0.15) is 6.04 Å². The molecular formula is C4H5N3O. The number of carbonyl (C=O) groups excluding carboxylic acids is 1. The minimum atomic E-state index is -0.503. The smallest absolute Gasteiger partial charge is 0.316 e. The average molecular weight is 113 g/mol. The highest BCUT2D eigenvalue weighted by molar-refractivity contribution is 5.75. The standard InChI is InChI=1S/C4H5N3O/c5-1-3-2-7(3)4(6)8/h3H,2H2,(H2,6,8)/i4+2. The largest absolute Gasteiger partial charge is 0.351 e. The van der Waals surface area contributed by atoms with Gasteiger partial charge in [0.05, 0.1) is 12.6 Å². The van der Waals surface area contributed by atoms with E-state index >= 15 is 0 Å². The molecule has 42 valence electrons. The van der Waals surface area contributed by atoms with Crippen LogP contribution in [0.5, 0.6) is 0 Å². The van der Waals surface area contributed by atoms with Gasteiger partial charge in [-0.25, -0.2) is 4.79 Å². The van der Waals surface area contributed by atoms with E-state index < -0.39 is 6.03 Å². The van der Waals surface area contributed by atoms with Crippen molar-refractivity contribution in [3.05, 3.63) is 0 Å². The van der Waals surface area contributed by atoms with E-state index in [0.29, 0.717) is 6.54 Å². The third-order valence-corrected chi connectivity index (χ3v) is 1.04. The first-order chi connectivity index (χ1) is 3.75. The third kappa shape index (κ3) is 0.581. The van der Waals surface area contributed by atoms with Crippen LogP contribution >= 0.6 is 0 Å². The summed E-state index contributed by atoms with van der Waals surface area (Å²) in [5.41, 5.74) is 4.80. The Bertz CT molecular complexity index is 159. The lowest BCUT2D eigenvalue weighted by atomic mass is 10.6. The number of primary amides is 1. The van der Waals surface area contributed by atoms with E-state index in [1.54, 1.807) is 0 Å². The molecule has 1 aliphatic heterocycles. The fraction of sp³-hybridized carbons (Fsp3) is 0.500. The second-order valence-electron chi connectivity index (χ2n) is 1.64. The van der Waals surface area contributed by atoms with E-state index in [1.807, 2.05) is 6.07 Å². The lowest BCUT2D eigenvalue weighted by Gasteiger charge is -1.88. The van der Waals surface area contributed by atoms with Gasteiger partial charge < -0.3 is 10.6 Å². The van der Waals surface area contributed by atoms with Crippen LogP contribution in [0.4, 0.5) is 4.79 Å². The van der Waals surface area contributed by atoms with Crippen LogP contribution in [0.2, 0.25) is 0 Å². The fourth-order valence-corrected chi connectivity index (χ4v) is 0.493. The molecule has 2 N–H and O–H groups in total. The molecule has 0 aromatic heterocycles. The van der Waals surface area contributed by atoms with Crippen molar-refractivity contribution in [1.82, 2.24) is 4.90 Å². The van der Waals surface area contributed by atoms with Crippen molar-refractivity contribution in [2.75, 3.05) is 6.54 Å². The number of amides is 2. The summed E-state index contributed by atoms with van der Waals surface area (Å²) in [6.45, 7) is 0.506. The normalized spacial score (nSPS) is 24.4. The Morgan fingerprint density at radius 2 is 2.62 bits per heavy atom. The molecule has 1 atom stereocenters. The molecule has 4 heteroatoms. The second kappa shape index (κ2) is 1.37. The molecule has 4 nitrogen and oxygen atoms in total. The number of urea groups is 1. The van der Waals surface area contributed by atoms with Crippen molar-refractivity contribution in [3.63, 3.8) is 0 Å². The van der Waals surface area contributed by atoms with Crippen molar-refractivity contribution < 1.29 is 4.79 Å². The number of rotatable bonds is 0. The van der Waals surface area contributed by atoms with Gasteiger partial charge in [-0.1, -0.05) is 0 Å². The molecule has 1 heterocycles. The van der Waals surface area contributed by atoms with Gasteiger partial charge in [-0.2, -0.15) is 5.26 Å². The molecule has 0 aromatic carbocycles. The third-order valence-electron chi connectivity index (χ3n) is 1.04. The average Bonchev–Trinajstić information content (AvgIpc) is 2.42. The first kappa shape index (κ1) is 4.91. The topological polar surface area (TPSA) is 69.9 Å². The molecule has 0 bridgehead atoms. The van der Waals surface area contributed by atoms with Gasteiger partial charge >= 0.3 is 6.03 Å². The minimum Gasteiger partial charge on any atom is -0.351 e. The van der Waals surface area contributed by atoms with Crippen LogP contribution in [0.25, 0.3) is 0 Å². The number of nitrogens with two attached hydrogens (primary N) is 1. The first-order valence-corrected chi connectivity index (χ1v) is 2.21. The highest BCUT2D eigenvalue weighted by atomic mass is 16.4. The molecule has 0 spiro atoms. The molecule has 1 rings (SSSR count). The van der Waals surface area contributed by atoms with Crippen LogP contribution in [0.1, 0.15) is 0 Å². The molecule has 1 fully saturated rings. The SMILES string of the molecule is N#CC1CN1[14C](N)=O.